The Kier molecular flexibility index (Phi) is 4.24. The first-order valence-corrected chi connectivity index (χ1v) is 8.40. The molecule has 0 radical (unpaired) electrons. The summed E-state index contributed by atoms with van der Waals surface area (Å²) in [5.74, 6) is 1.01. The predicted molar refractivity (Wildman–Crippen MR) is 94.1 cm³/mol. The lowest BCUT2D eigenvalue weighted by atomic mass is 10.1. The highest BCUT2D eigenvalue weighted by molar-refractivity contribution is 5.97. The van der Waals surface area contributed by atoms with Gasteiger partial charge in [-0.05, 0) is 24.6 Å². The Morgan fingerprint density at radius 3 is 2.96 bits per heavy atom. The van der Waals surface area contributed by atoms with Gasteiger partial charge in [-0.3, -0.25) is 9.48 Å². The van der Waals surface area contributed by atoms with Gasteiger partial charge in [-0.2, -0.15) is 5.10 Å². The van der Waals surface area contributed by atoms with E-state index in [1.807, 2.05) is 35.1 Å². The Morgan fingerprint density at radius 1 is 1.12 bits per heavy atom. The Balaban J connectivity index is 1.35. The lowest BCUT2D eigenvalue weighted by Gasteiger charge is -2.20. The van der Waals surface area contributed by atoms with Crippen molar-refractivity contribution in [1.82, 2.24) is 15.1 Å². The summed E-state index contributed by atoms with van der Waals surface area (Å²) in [7, 11) is 0. The molecular weight excluding hydrogens is 318 g/mol. The second-order valence-corrected chi connectivity index (χ2v) is 5.87. The van der Waals surface area contributed by atoms with E-state index in [9.17, 15) is 4.79 Å². The van der Waals surface area contributed by atoms with Crippen LogP contribution < -0.4 is 14.8 Å². The van der Waals surface area contributed by atoms with Gasteiger partial charge in [-0.15, -0.1) is 0 Å². The number of ether oxygens (including phenoxy) is 2. The number of aryl methyl sites for hydroxylation is 1. The van der Waals surface area contributed by atoms with Gasteiger partial charge in [0.15, 0.2) is 11.5 Å². The average molecular weight is 337 g/mol. The van der Waals surface area contributed by atoms with Crippen LogP contribution in [0.5, 0.6) is 11.5 Å². The van der Waals surface area contributed by atoms with Crippen molar-refractivity contribution in [3.63, 3.8) is 0 Å². The van der Waals surface area contributed by atoms with Crippen LogP contribution in [0, 0.1) is 0 Å². The maximum atomic E-state index is 12.4. The number of rotatable bonds is 5. The van der Waals surface area contributed by atoms with Crippen molar-refractivity contribution in [2.45, 2.75) is 13.0 Å². The number of amides is 1. The fraction of sp³-hybridized carbons (Fsp3) is 0.263. The summed E-state index contributed by atoms with van der Waals surface area (Å²) in [6.45, 7) is 2.29. The minimum atomic E-state index is -0.146. The molecular formula is C19H19N3O3. The van der Waals surface area contributed by atoms with Crippen LogP contribution in [0.2, 0.25) is 0 Å². The first-order chi connectivity index (χ1) is 12.3. The Hall–Kier alpha value is -3.02. The van der Waals surface area contributed by atoms with E-state index in [0.29, 0.717) is 36.8 Å². The molecule has 1 N–H and O–H groups in total. The molecule has 0 saturated carbocycles. The minimum Gasteiger partial charge on any atom is -0.486 e. The molecule has 25 heavy (non-hydrogen) atoms. The van der Waals surface area contributed by atoms with E-state index >= 15 is 0 Å². The van der Waals surface area contributed by atoms with Crippen LogP contribution in [0.15, 0.2) is 48.7 Å². The number of aromatic nitrogens is 2. The second-order valence-electron chi connectivity index (χ2n) is 5.87. The molecule has 0 unspecified atom stereocenters. The first kappa shape index (κ1) is 15.5. The van der Waals surface area contributed by atoms with E-state index in [4.69, 9.17) is 9.47 Å². The Morgan fingerprint density at radius 2 is 2.00 bits per heavy atom. The van der Waals surface area contributed by atoms with Gasteiger partial charge >= 0.3 is 0 Å². The summed E-state index contributed by atoms with van der Waals surface area (Å²) < 4.78 is 13.1. The van der Waals surface area contributed by atoms with Crippen LogP contribution in [0.3, 0.4) is 0 Å². The minimum absolute atomic E-state index is 0.146. The monoisotopic (exact) mass is 337 g/mol. The first-order valence-electron chi connectivity index (χ1n) is 8.40. The van der Waals surface area contributed by atoms with Gasteiger partial charge in [0.25, 0.3) is 5.91 Å². The molecule has 0 saturated heterocycles. The average Bonchev–Trinajstić information content (AvgIpc) is 3.08. The Bertz CT molecular complexity index is 904. The zero-order chi connectivity index (χ0) is 17.1. The van der Waals surface area contributed by atoms with Gasteiger partial charge in [0.2, 0.25) is 0 Å². The van der Waals surface area contributed by atoms with Crippen molar-refractivity contribution < 1.29 is 14.3 Å². The molecule has 2 aromatic carbocycles. The normalized spacial score (nSPS) is 13.0. The fourth-order valence-corrected chi connectivity index (χ4v) is 2.98. The molecule has 0 aliphatic carbocycles. The van der Waals surface area contributed by atoms with Gasteiger partial charge in [-0.1, -0.05) is 24.3 Å². The number of fused-ring (bicyclic) bond motifs is 2. The number of carbonyl (C=O) groups is 1. The third-order valence-corrected chi connectivity index (χ3v) is 4.19. The van der Waals surface area contributed by atoms with Crippen LogP contribution in [0.1, 0.15) is 16.8 Å². The van der Waals surface area contributed by atoms with E-state index < -0.39 is 0 Å². The SMILES string of the molecule is O=C(NCCCn1ncc2ccccc21)c1cccc2c1OCCO2. The smallest absolute Gasteiger partial charge is 0.255 e. The molecule has 0 bridgehead atoms. The van der Waals surface area contributed by atoms with Crippen molar-refractivity contribution in [1.29, 1.82) is 0 Å². The second kappa shape index (κ2) is 6.84. The summed E-state index contributed by atoms with van der Waals surface area (Å²) >= 11 is 0. The van der Waals surface area contributed by atoms with Crippen molar-refractivity contribution in [3.8, 4) is 11.5 Å². The van der Waals surface area contributed by atoms with Gasteiger partial charge in [0.1, 0.15) is 13.2 Å². The van der Waals surface area contributed by atoms with E-state index in [0.717, 1.165) is 23.9 Å². The zero-order valence-electron chi connectivity index (χ0n) is 13.8. The van der Waals surface area contributed by atoms with Crippen LogP contribution in [0.4, 0.5) is 0 Å². The molecule has 0 spiro atoms. The molecule has 1 aliphatic heterocycles. The van der Waals surface area contributed by atoms with E-state index in [1.54, 1.807) is 12.1 Å². The van der Waals surface area contributed by atoms with Crippen molar-refractivity contribution in [3.05, 3.63) is 54.2 Å². The summed E-state index contributed by atoms with van der Waals surface area (Å²) in [4.78, 5) is 12.4. The highest BCUT2D eigenvalue weighted by Gasteiger charge is 2.19. The third-order valence-electron chi connectivity index (χ3n) is 4.19. The largest absolute Gasteiger partial charge is 0.486 e. The molecule has 2 heterocycles. The molecule has 6 nitrogen and oxygen atoms in total. The number of carbonyl (C=O) groups excluding carboxylic acids is 1. The predicted octanol–water partition coefficient (Wildman–Crippen LogP) is 2.63. The van der Waals surface area contributed by atoms with Crippen LogP contribution >= 0.6 is 0 Å². The maximum absolute atomic E-state index is 12.4. The maximum Gasteiger partial charge on any atom is 0.255 e. The molecule has 1 amide bonds. The molecule has 0 fully saturated rings. The molecule has 4 rings (SSSR count). The number of para-hydroxylation sites is 2. The highest BCUT2D eigenvalue weighted by Crippen LogP contribution is 2.33. The lowest BCUT2D eigenvalue weighted by molar-refractivity contribution is 0.0941. The summed E-state index contributed by atoms with van der Waals surface area (Å²) in [5.41, 5.74) is 1.62. The molecule has 3 aromatic rings. The molecule has 128 valence electrons. The van der Waals surface area contributed by atoms with Crippen LogP contribution in [0.25, 0.3) is 10.9 Å². The fourth-order valence-electron chi connectivity index (χ4n) is 2.98. The van der Waals surface area contributed by atoms with E-state index in [2.05, 4.69) is 16.5 Å². The van der Waals surface area contributed by atoms with Gasteiger partial charge in [0, 0.05) is 18.5 Å². The van der Waals surface area contributed by atoms with Crippen LogP contribution in [-0.2, 0) is 6.54 Å². The van der Waals surface area contributed by atoms with Crippen LogP contribution in [-0.4, -0.2) is 35.4 Å². The third kappa shape index (κ3) is 3.15. The van der Waals surface area contributed by atoms with Gasteiger partial charge in [-0.25, -0.2) is 0 Å². The standard InChI is InChI=1S/C19H19N3O3/c23-19(15-6-3-8-17-18(15)25-12-11-24-17)20-9-4-10-22-16-7-2-1-5-14(16)13-21-22/h1-3,5-8,13H,4,9-12H2,(H,20,23). The van der Waals surface area contributed by atoms with E-state index in [1.165, 1.54) is 0 Å². The van der Waals surface area contributed by atoms with Crippen molar-refractivity contribution >= 4 is 16.8 Å². The molecule has 1 aromatic heterocycles. The van der Waals surface area contributed by atoms with Gasteiger partial charge in [0.05, 0.1) is 17.3 Å². The quantitative estimate of drug-likeness (QED) is 0.727. The summed E-state index contributed by atoms with van der Waals surface area (Å²) in [6.07, 6.45) is 2.66. The topological polar surface area (TPSA) is 65.4 Å². The summed E-state index contributed by atoms with van der Waals surface area (Å²) in [5, 5.41) is 8.46. The van der Waals surface area contributed by atoms with E-state index in [-0.39, 0.29) is 5.91 Å². The number of nitrogens with zero attached hydrogens (tertiary/aromatic N) is 2. The molecule has 0 atom stereocenters. The van der Waals surface area contributed by atoms with Crippen molar-refractivity contribution in [2.75, 3.05) is 19.8 Å². The number of hydrogen-bond donors (Lipinski definition) is 1. The van der Waals surface area contributed by atoms with Crippen molar-refractivity contribution in [2.24, 2.45) is 0 Å². The highest BCUT2D eigenvalue weighted by atomic mass is 16.6. The van der Waals surface area contributed by atoms with Gasteiger partial charge < -0.3 is 14.8 Å². The number of hydrogen-bond acceptors (Lipinski definition) is 4. The molecule has 6 heteroatoms. The number of benzene rings is 2. The zero-order valence-corrected chi connectivity index (χ0v) is 13.8. The summed E-state index contributed by atoms with van der Waals surface area (Å²) in [6, 6.07) is 13.5. The molecule has 1 aliphatic rings. The lowest BCUT2D eigenvalue weighted by Crippen LogP contribution is -2.27. The Labute approximate surface area is 145 Å². The number of nitrogens with one attached hydrogen (secondary N) is 1.